The molecule has 35 heavy (non-hydrogen) atoms. The molecule has 2 N–H and O–H groups in total. The van der Waals surface area contributed by atoms with E-state index in [1.54, 1.807) is 6.92 Å². The molecule has 0 bridgehead atoms. The van der Waals surface area contributed by atoms with Gasteiger partial charge in [0.15, 0.2) is 6.10 Å². The van der Waals surface area contributed by atoms with Crippen LogP contribution in [0.25, 0.3) is 0 Å². The van der Waals surface area contributed by atoms with Crippen LogP contribution < -0.4 is 5.32 Å². The summed E-state index contributed by atoms with van der Waals surface area (Å²) in [6.07, 6.45) is -1.27. The molecule has 2 aromatic carbocycles. The summed E-state index contributed by atoms with van der Waals surface area (Å²) < 4.78 is 19.2. The third-order valence-corrected chi connectivity index (χ3v) is 8.17. The van der Waals surface area contributed by atoms with Gasteiger partial charge in [0.05, 0.1) is 24.1 Å². The number of aliphatic hydroxyl groups excluding tert-OH is 1. The van der Waals surface area contributed by atoms with E-state index in [0.29, 0.717) is 4.91 Å². The first-order valence-corrected chi connectivity index (χ1v) is 13.0. The topological polar surface area (TPSA) is 116 Å². The van der Waals surface area contributed by atoms with Crippen molar-refractivity contribution in [2.24, 2.45) is 17.8 Å². The minimum Gasteiger partial charge on any atom is -0.612 e. The molecule has 5 atom stereocenters. The smallest absolute Gasteiger partial charge is 0.340 e. The number of ether oxygens (including phenoxy) is 1. The number of carbonyl (C=O) groups excluding carboxylic acids is 3. The van der Waals surface area contributed by atoms with Crippen LogP contribution in [0.5, 0.6) is 0 Å². The van der Waals surface area contributed by atoms with Gasteiger partial charge in [-0.05, 0) is 35.1 Å². The van der Waals surface area contributed by atoms with Crippen LogP contribution in [0.1, 0.15) is 37.5 Å². The van der Waals surface area contributed by atoms with Crippen LogP contribution in [-0.4, -0.2) is 45.7 Å². The van der Waals surface area contributed by atoms with Crippen molar-refractivity contribution in [2.75, 3.05) is 12.3 Å². The maximum Gasteiger partial charge on any atom is 0.340 e. The van der Waals surface area contributed by atoms with Crippen molar-refractivity contribution in [1.82, 2.24) is 5.32 Å². The van der Waals surface area contributed by atoms with Crippen molar-refractivity contribution in [2.45, 2.75) is 32.5 Å². The second-order valence-corrected chi connectivity index (χ2v) is 10.6. The Kier molecular flexibility index (Phi) is 7.74. The zero-order valence-electron chi connectivity index (χ0n) is 19.7. The third-order valence-electron chi connectivity index (χ3n) is 6.66. The first-order valence-electron chi connectivity index (χ1n) is 11.7. The van der Waals surface area contributed by atoms with Gasteiger partial charge >= 0.3 is 5.97 Å². The van der Waals surface area contributed by atoms with E-state index in [4.69, 9.17) is 4.74 Å². The van der Waals surface area contributed by atoms with Crippen molar-refractivity contribution in [3.63, 3.8) is 0 Å². The maximum absolute atomic E-state index is 13.6. The summed E-state index contributed by atoms with van der Waals surface area (Å²) in [6.45, 7) is 3.12. The number of fused-ring (bicyclic) bond motifs is 1. The van der Waals surface area contributed by atoms with Gasteiger partial charge in [-0.1, -0.05) is 60.7 Å². The Bertz CT molecular complexity index is 1080. The fraction of sp³-hybridized carbons (Fsp3) is 0.370. The highest BCUT2D eigenvalue weighted by atomic mass is 32.2. The molecule has 184 valence electrons. The first-order chi connectivity index (χ1) is 16.8. The molecule has 0 spiro atoms. The lowest BCUT2D eigenvalue weighted by molar-refractivity contribution is -0.152. The minimum atomic E-state index is -1.58. The Morgan fingerprint density at radius 3 is 2.20 bits per heavy atom. The molecule has 0 heterocycles. The Morgan fingerprint density at radius 2 is 1.69 bits per heavy atom. The number of benzene rings is 2. The maximum atomic E-state index is 13.6. The Labute approximate surface area is 207 Å². The van der Waals surface area contributed by atoms with Crippen LogP contribution in [0.3, 0.4) is 0 Å². The van der Waals surface area contributed by atoms with E-state index < -0.39 is 41.2 Å². The number of Topliss-reactive ketones (excluding diaryl/α,β-unsaturated/α-hetero) is 1. The number of esters is 1. The average Bonchev–Trinajstić information content (AvgIpc) is 3.18. The second-order valence-electron chi connectivity index (χ2n) is 8.99. The number of rotatable bonds is 9. The van der Waals surface area contributed by atoms with Crippen molar-refractivity contribution >= 4 is 28.8 Å². The molecular formula is C27H29NO6S. The van der Waals surface area contributed by atoms with Gasteiger partial charge in [-0.15, -0.1) is 0 Å². The minimum absolute atomic E-state index is 0.124. The summed E-state index contributed by atoms with van der Waals surface area (Å²) in [5.74, 6) is -2.60. The lowest BCUT2D eigenvalue weighted by Crippen LogP contribution is -2.51. The van der Waals surface area contributed by atoms with Gasteiger partial charge in [0.1, 0.15) is 16.4 Å². The standard InChI is InChI=1S/C27H29NO6S/c1-16(29)22-20-15-21(35(33)14-13-28-17(2)30)24(23(20)25(22)31)27(32)34-26(18-9-5-3-6-10-18)19-11-7-4-8-12-19/h3-12,16,20,22-23,26,29H,13-15H2,1-2H3,(H,28,30). The molecule has 0 radical (unpaired) electrons. The Balaban J connectivity index is 1.65. The highest BCUT2D eigenvalue weighted by Gasteiger charge is 2.61. The van der Waals surface area contributed by atoms with E-state index in [-0.39, 0.29) is 41.9 Å². The summed E-state index contributed by atoms with van der Waals surface area (Å²) in [5, 5.41) is 12.7. The lowest BCUT2D eigenvalue weighted by atomic mass is 9.61. The second kappa shape index (κ2) is 10.8. The number of carbonyl (C=O) groups is 3. The number of ketones is 1. The number of aliphatic hydroxyl groups is 1. The first kappa shape index (κ1) is 25.2. The summed E-state index contributed by atoms with van der Waals surface area (Å²) in [6, 6.07) is 18.6. The van der Waals surface area contributed by atoms with Crippen LogP contribution in [0.15, 0.2) is 71.1 Å². The fourth-order valence-electron chi connectivity index (χ4n) is 5.07. The molecule has 2 aliphatic carbocycles. The van der Waals surface area contributed by atoms with E-state index >= 15 is 0 Å². The van der Waals surface area contributed by atoms with E-state index in [0.717, 1.165) is 11.1 Å². The molecule has 4 rings (SSSR count). The molecule has 5 unspecified atom stereocenters. The molecule has 0 aromatic heterocycles. The van der Waals surface area contributed by atoms with Gasteiger partial charge in [0.25, 0.3) is 0 Å². The molecular weight excluding hydrogens is 466 g/mol. The molecule has 0 aliphatic heterocycles. The molecule has 1 fully saturated rings. The van der Waals surface area contributed by atoms with Gasteiger partial charge in [-0.3, -0.25) is 9.59 Å². The Morgan fingerprint density at radius 1 is 1.11 bits per heavy atom. The normalized spacial score (nSPS) is 22.9. The van der Waals surface area contributed by atoms with Crippen LogP contribution in [-0.2, 0) is 30.3 Å². The van der Waals surface area contributed by atoms with Gasteiger partial charge < -0.3 is 19.7 Å². The average molecular weight is 496 g/mol. The van der Waals surface area contributed by atoms with E-state index in [9.17, 15) is 24.0 Å². The van der Waals surface area contributed by atoms with E-state index in [2.05, 4.69) is 5.32 Å². The van der Waals surface area contributed by atoms with E-state index in [1.165, 1.54) is 6.92 Å². The number of hydrogen-bond donors (Lipinski definition) is 2. The van der Waals surface area contributed by atoms with Crippen molar-refractivity contribution < 1.29 is 28.8 Å². The number of allylic oxidation sites excluding steroid dienone is 1. The summed E-state index contributed by atoms with van der Waals surface area (Å²) >= 11 is -1.58. The zero-order chi connectivity index (χ0) is 25.1. The van der Waals surface area contributed by atoms with Crippen molar-refractivity contribution in [3.05, 3.63) is 82.3 Å². The SMILES string of the molecule is CC(=O)NCC[S+]([O-])C1=C(C(=O)OC(c2ccccc2)c2ccccc2)C2C(=O)C(C(C)O)C2C1. The predicted octanol–water partition coefficient (Wildman–Crippen LogP) is 2.67. The largest absolute Gasteiger partial charge is 0.612 e. The third kappa shape index (κ3) is 5.19. The fourth-order valence-corrected chi connectivity index (χ4v) is 6.43. The lowest BCUT2D eigenvalue weighted by Gasteiger charge is -2.40. The monoisotopic (exact) mass is 495 g/mol. The summed E-state index contributed by atoms with van der Waals surface area (Å²) in [5.41, 5.74) is 1.70. The van der Waals surface area contributed by atoms with Crippen LogP contribution in [0.2, 0.25) is 0 Å². The number of amides is 1. The summed E-state index contributed by atoms with van der Waals surface area (Å²) in [4.78, 5) is 38.1. The molecule has 7 nitrogen and oxygen atoms in total. The highest BCUT2D eigenvalue weighted by Crippen LogP contribution is 2.54. The summed E-state index contributed by atoms with van der Waals surface area (Å²) in [7, 11) is 0. The molecule has 8 heteroatoms. The van der Waals surface area contributed by atoms with Crippen LogP contribution in [0, 0.1) is 17.8 Å². The van der Waals surface area contributed by atoms with Crippen LogP contribution >= 0.6 is 0 Å². The van der Waals surface area contributed by atoms with Crippen molar-refractivity contribution in [1.29, 1.82) is 0 Å². The highest BCUT2D eigenvalue weighted by molar-refractivity contribution is 7.95. The van der Waals surface area contributed by atoms with Gasteiger partial charge in [-0.2, -0.15) is 0 Å². The molecule has 1 amide bonds. The zero-order valence-corrected chi connectivity index (χ0v) is 20.5. The molecule has 2 aromatic rings. The molecule has 1 saturated carbocycles. The molecule has 0 saturated heterocycles. The quantitative estimate of drug-likeness (QED) is 0.408. The van der Waals surface area contributed by atoms with Crippen LogP contribution in [0.4, 0.5) is 0 Å². The predicted molar refractivity (Wildman–Crippen MR) is 131 cm³/mol. The number of hydrogen-bond acceptors (Lipinski definition) is 6. The Hall–Kier alpha value is -2.94. The van der Waals surface area contributed by atoms with Gasteiger partial charge in [0, 0.05) is 19.3 Å². The van der Waals surface area contributed by atoms with Gasteiger partial charge in [-0.25, -0.2) is 4.79 Å². The van der Waals surface area contributed by atoms with Crippen molar-refractivity contribution in [3.8, 4) is 0 Å². The van der Waals surface area contributed by atoms with Gasteiger partial charge in [0.2, 0.25) is 5.91 Å². The number of nitrogens with one attached hydrogen (secondary N) is 1. The molecule has 2 aliphatic rings. The van der Waals surface area contributed by atoms with E-state index in [1.807, 2.05) is 60.7 Å².